The van der Waals surface area contributed by atoms with Crippen molar-refractivity contribution in [3.8, 4) is 11.1 Å². The van der Waals surface area contributed by atoms with E-state index in [4.69, 9.17) is 0 Å². The van der Waals surface area contributed by atoms with Gasteiger partial charge in [-0.05, 0) is 17.4 Å². The van der Waals surface area contributed by atoms with Crippen LogP contribution in [0.2, 0.25) is 0 Å². The molecule has 1 heteroatoms. The molecule has 0 bridgehead atoms. The predicted molar refractivity (Wildman–Crippen MR) is 207 cm³/mol. The number of rotatable bonds is 6. The summed E-state index contributed by atoms with van der Waals surface area (Å²) in [6.45, 7) is 18.1. The van der Waals surface area contributed by atoms with Gasteiger partial charge in [-0.25, -0.2) is 12.2 Å². The number of allylic oxidation sites excluding steroid dienone is 4. The number of unbranched alkanes of at least 4 members (excludes halogenated alkanes) is 2. The molecule has 0 amide bonds. The second-order valence-electron chi connectivity index (χ2n) is 14.4. The van der Waals surface area contributed by atoms with Crippen LogP contribution in [0.5, 0.6) is 0 Å². The van der Waals surface area contributed by atoms with Gasteiger partial charge in [0.05, 0.1) is 0 Å². The van der Waals surface area contributed by atoms with Crippen molar-refractivity contribution in [1.82, 2.24) is 0 Å². The summed E-state index contributed by atoms with van der Waals surface area (Å²) < 4.78 is 3.34. The zero-order chi connectivity index (χ0) is 35.4. The Labute approximate surface area is 310 Å². The molecule has 0 radical (unpaired) electrons. The van der Waals surface area contributed by atoms with Crippen LogP contribution < -0.4 is 0 Å². The molecule has 0 aromatic heterocycles. The Kier molecular flexibility index (Phi) is 18.9. The number of fused-ring (bicyclic) bond motifs is 3. The van der Waals surface area contributed by atoms with Gasteiger partial charge in [0.2, 0.25) is 0 Å². The normalized spacial score (nSPS) is 12.1. The number of aryl methyl sites for hydroxylation is 2. The van der Waals surface area contributed by atoms with Gasteiger partial charge < -0.3 is 0 Å². The third-order valence-corrected chi connectivity index (χ3v) is 8.32. The van der Waals surface area contributed by atoms with Crippen molar-refractivity contribution in [2.45, 2.75) is 118 Å². The Bertz CT molecular complexity index is 1400. The topological polar surface area (TPSA) is 0 Å². The molecule has 0 aliphatic heterocycles. The van der Waals surface area contributed by atoms with Crippen LogP contribution in [0.4, 0.5) is 0 Å². The fraction of sp³-hybridized carbons (Fsp3) is 0.383. The van der Waals surface area contributed by atoms with Crippen molar-refractivity contribution < 1.29 is 24.2 Å². The van der Waals surface area contributed by atoms with Gasteiger partial charge in [-0.15, -0.1) is 12.0 Å². The molecule has 0 fully saturated rings. The van der Waals surface area contributed by atoms with Gasteiger partial charge >= 0.3 is 28.4 Å². The van der Waals surface area contributed by atoms with E-state index in [1.807, 2.05) is 36.4 Å². The minimum absolute atomic E-state index is 0.177. The molecule has 48 heavy (non-hydrogen) atoms. The van der Waals surface area contributed by atoms with E-state index in [-0.39, 0.29) is 10.8 Å². The van der Waals surface area contributed by atoms with Crippen LogP contribution in [0.25, 0.3) is 11.1 Å². The summed E-state index contributed by atoms with van der Waals surface area (Å²) in [7, 11) is 0. The maximum absolute atomic E-state index is 3.53. The zero-order valence-corrected chi connectivity index (χ0v) is 33.6. The first kappa shape index (κ1) is 41.3. The molecular weight excluding hydrogens is 656 g/mol. The summed E-state index contributed by atoms with van der Waals surface area (Å²) in [4.78, 5) is 0. The summed E-state index contributed by atoms with van der Waals surface area (Å²) in [6, 6.07) is 37.5. The van der Waals surface area contributed by atoms with E-state index in [1.165, 1.54) is 107 Å². The first-order valence-electron chi connectivity index (χ1n) is 17.7. The summed E-state index contributed by atoms with van der Waals surface area (Å²) in [5.74, 6) is 0. The van der Waals surface area contributed by atoms with Crippen molar-refractivity contribution in [3.05, 3.63) is 155 Å². The van der Waals surface area contributed by atoms with E-state index < -0.39 is 0 Å². The van der Waals surface area contributed by atoms with Crippen LogP contribution >= 0.6 is 0 Å². The van der Waals surface area contributed by atoms with E-state index in [2.05, 4.69) is 145 Å². The standard InChI is InChI=1S/C21H25.2C10H13.C5H5.CH2.Zr/c1-20(2,3)16-9-7-14-11-15-8-10-17(21(4,5)6)13-19(15)18(14)12-16;2*1-2-3-7-10-8-5-4-6-9-10;1-2-4-5-3-1;;/h7,9-10,12-13H,11H2,1-6H3;2*5-6,8-9H,2-3,7H2,1H3;1-3H,4H2;1H2;/q4*-1;;. The molecule has 0 heterocycles. The van der Waals surface area contributed by atoms with Gasteiger partial charge in [-0.3, -0.25) is 6.08 Å². The molecule has 0 atom stereocenters. The Morgan fingerprint density at radius 2 is 1.21 bits per heavy atom. The van der Waals surface area contributed by atoms with Gasteiger partial charge in [0, 0.05) is 0 Å². The third kappa shape index (κ3) is 14.7. The van der Waals surface area contributed by atoms with E-state index in [1.54, 1.807) is 0 Å². The van der Waals surface area contributed by atoms with Crippen molar-refractivity contribution >= 4 is 4.21 Å². The van der Waals surface area contributed by atoms with Crippen LogP contribution in [0.1, 0.15) is 121 Å². The quantitative estimate of drug-likeness (QED) is 0.154. The fourth-order valence-corrected chi connectivity index (χ4v) is 5.26. The first-order chi connectivity index (χ1) is 23.0. The van der Waals surface area contributed by atoms with Crippen LogP contribution in [-0.4, -0.2) is 4.21 Å². The van der Waals surface area contributed by atoms with Crippen molar-refractivity contribution in [2.24, 2.45) is 0 Å². The van der Waals surface area contributed by atoms with E-state index in [0.29, 0.717) is 0 Å². The Balaban J connectivity index is 0.000000248. The molecule has 0 N–H and O–H groups in total. The Morgan fingerprint density at radius 1 is 0.688 bits per heavy atom. The molecule has 4 aromatic rings. The summed E-state index contributed by atoms with van der Waals surface area (Å²) in [6.07, 6.45) is 18.6. The number of hydrogen-bond donors (Lipinski definition) is 0. The molecule has 0 spiro atoms. The van der Waals surface area contributed by atoms with E-state index >= 15 is 0 Å². The minimum atomic E-state index is 0.177. The molecule has 4 aromatic carbocycles. The molecule has 6 rings (SSSR count). The van der Waals surface area contributed by atoms with Crippen LogP contribution in [-0.2, 0) is 54.3 Å². The van der Waals surface area contributed by atoms with E-state index in [0.717, 1.165) is 12.8 Å². The molecule has 0 unspecified atom stereocenters. The van der Waals surface area contributed by atoms with Crippen LogP contribution in [0.15, 0.2) is 97.1 Å². The van der Waals surface area contributed by atoms with Crippen LogP contribution in [0.3, 0.4) is 0 Å². The molecule has 2 aliphatic carbocycles. The van der Waals surface area contributed by atoms with Gasteiger partial charge in [-0.2, -0.15) is 107 Å². The second kappa shape index (κ2) is 22.0. The first-order valence-corrected chi connectivity index (χ1v) is 19.4. The number of benzene rings is 4. The average Bonchev–Trinajstić information content (AvgIpc) is 3.80. The average molecular weight is 714 g/mol. The Morgan fingerprint density at radius 3 is 1.62 bits per heavy atom. The summed E-state index contributed by atoms with van der Waals surface area (Å²) in [5.41, 5.74) is 11.6. The van der Waals surface area contributed by atoms with Crippen LogP contribution in [0, 0.1) is 24.3 Å². The van der Waals surface area contributed by atoms with Gasteiger partial charge in [0.1, 0.15) is 0 Å². The van der Waals surface area contributed by atoms with Crippen molar-refractivity contribution in [3.63, 3.8) is 0 Å². The summed E-state index contributed by atoms with van der Waals surface area (Å²) >= 11 is 1.30. The van der Waals surface area contributed by atoms with Gasteiger partial charge in [0.25, 0.3) is 0 Å². The summed E-state index contributed by atoms with van der Waals surface area (Å²) in [5, 5.41) is 0. The molecule has 0 saturated heterocycles. The van der Waals surface area contributed by atoms with Gasteiger partial charge in [-0.1, -0.05) is 129 Å². The fourth-order valence-electron chi connectivity index (χ4n) is 5.26. The SMILES string of the molecule is CC(C)(C)c1c[c-]c2c(c1)-c1cc(C(C)(C)C)ccc1C2.CCCCc1cc[c-]cc1.CCCCc1cc[c-]cc1.[C-]1=CC=CC1.[CH2]=[Zr]. The molecule has 2 aliphatic rings. The molecule has 0 saturated carbocycles. The number of hydrogen-bond acceptors (Lipinski definition) is 0. The molecule has 254 valence electrons. The predicted octanol–water partition coefficient (Wildman–Crippen LogP) is 12.6. The van der Waals surface area contributed by atoms with E-state index in [9.17, 15) is 0 Å². The third-order valence-electron chi connectivity index (χ3n) is 8.32. The molecular formula is C47H58Zr-4. The monoisotopic (exact) mass is 712 g/mol. The van der Waals surface area contributed by atoms with Crippen molar-refractivity contribution in [1.29, 1.82) is 0 Å². The van der Waals surface area contributed by atoms with Crippen molar-refractivity contribution in [2.75, 3.05) is 0 Å². The zero-order valence-electron chi connectivity index (χ0n) is 31.1. The Hall–Kier alpha value is -2.89. The second-order valence-corrected chi connectivity index (χ2v) is 14.4. The van der Waals surface area contributed by atoms with Gasteiger partial charge in [0.15, 0.2) is 0 Å². The molecule has 0 nitrogen and oxygen atoms in total. The maximum atomic E-state index is 3.53.